The molecule has 0 heterocycles. The van der Waals surface area contributed by atoms with Crippen molar-refractivity contribution in [1.82, 2.24) is 0 Å². The first kappa shape index (κ1) is 38.8. The van der Waals surface area contributed by atoms with Crippen LogP contribution in [0.3, 0.4) is 0 Å². The fraction of sp³-hybridized carbons (Fsp3) is 0.919. The molecule has 0 radical (unpaired) electrons. The molecule has 0 spiro atoms. The first-order valence-corrected chi connectivity index (χ1v) is 18.0. The Morgan fingerprint density at radius 2 is 0.750 bits per heavy atom. The van der Waals surface area contributed by atoms with Crippen LogP contribution in [0.4, 0.5) is 0 Å². The molecule has 0 aromatic heterocycles. The van der Waals surface area contributed by atoms with E-state index in [9.17, 15) is 4.79 Å². The number of unbranched alkanes of at least 4 members (excludes halogenated alkanes) is 20. The smallest absolute Gasteiger partial charge is 0.234 e. The van der Waals surface area contributed by atoms with Gasteiger partial charge < -0.3 is 0 Å². The van der Waals surface area contributed by atoms with Crippen LogP contribution in [0.25, 0.3) is 0 Å². The number of isocyanates is 1. The fourth-order valence-electron chi connectivity index (χ4n) is 6.34. The zero-order valence-electron chi connectivity index (χ0n) is 27.4. The second kappa shape index (κ2) is 34.0. The van der Waals surface area contributed by atoms with Gasteiger partial charge in [-0.15, -0.1) is 0 Å². The van der Waals surface area contributed by atoms with E-state index in [-0.39, 0.29) is 0 Å². The Balaban J connectivity index is 4.45. The quantitative estimate of drug-likeness (QED) is 0.0448. The fourth-order valence-corrected chi connectivity index (χ4v) is 6.34. The monoisotopic (exact) mass is 559 g/mol. The molecule has 0 aromatic carbocycles. The van der Waals surface area contributed by atoms with Gasteiger partial charge in [0, 0.05) is 6.54 Å². The van der Waals surface area contributed by atoms with E-state index in [2.05, 4.69) is 36.3 Å². The third-order valence-electron chi connectivity index (χ3n) is 8.89. The van der Waals surface area contributed by atoms with Crippen LogP contribution in [0.2, 0.25) is 0 Å². The van der Waals surface area contributed by atoms with Gasteiger partial charge in [-0.05, 0) is 37.1 Å². The van der Waals surface area contributed by atoms with Crippen molar-refractivity contribution in [1.29, 1.82) is 0 Å². The molecule has 0 aliphatic rings. The largest absolute Gasteiger partial charge is 0.244 e. The number of rotatable bonds is 33. The highest BCUT2D eigenvalue weighted by Gasteiger charge is 2.20. The molecule has 234 valence electrons. The summed E-state index contributed by atoms with van der Waals surface area (Å²) in [4.78, 5) is 17.9. The molecule has 40 heavy (non-hydrogen) atoms. The van der Waals surface area contributed by atoms with Gasteiger partial charge in [0.2, 0.25) is 6.08 Å². The molecular formula is C37H70N2O. The van der Waals surface area contributed by atoms with Gasteiger partial charge in [0.25, 0.3) is 0 Å². The maximum absolute atomic E-state index is 10.1. The molecule has 0 bridgehead atoms. The van der Waals surface area contributed by atoms with E-state index in [1.807, 2.05) is 0 Å². The Labute approximate surface area is 251 Å². The summed E-state index contributed by atoms with van der Waals surface area (Å²) in [6, 6.07) is 0. The van der Waals surface area contributed by atoms with Crippen molar-refractivity contribution >= 4 is 11.9 Å². The lowest BCUT2D eigenvalue weighted by Crippen LogP contribution is -2.16. The highest BCUT2D eigenvalue weighted by Crippen LogP contribution is 2.33. The molecule has 3 heteroatoms. The number of carbonyl (C=O) groups excluding carboxylic acids is 1. The lowest BCUT2D eigenvalue weighted by Gasteiger charge is -2.28. The highest BCUT2D eigenvalue weighted by atomic mass is 16.1. The maximum Gasteiger partial charge on any atom is 0.234 e. The number of aliphatic imine (C=N–C) groups is 2. The second-order valence-corrected chi connectivity index (χ2v) is 12.5. The highest BCUT2D eigenvalue weighted by molar-refractivity contribution is 5.46. The number of hydrogen-bond donors (Lipinski definition) is 0. The minimum Gasteiger partial charge on any atom is -0.244 e. The van der Waals surface area contributed by atoms with Gasteiger partial charge in [0.05, 0.1) is 6.54 Å². The summed E-state index contributed by atoms with van der Waals surface area (Å²) in [5, 5.41) is 0. The second-order valence-electron chi connectivity index (χ2n) is 12.5. The number of hydrogen-bond acceptors (Lipinski definition) is 3. The molecule has 0 saturated carbocycles. The van der Waals surface area contributed by atoms with Crippen molar-refractivity contribution in [2.24, 2.45) is 21.8 Å². The lowest BCUT2D eigenvalue weighted by molar-refractivity contribution is 0.236. The van der Waals surface area contributed by atoms with Crippen LogP contribution in [0.5, 0.6) is 0 Å². The van der Waals surface area contributed by atoms with Gasteiger partial charge in [-0.2, -0.15) is 0 Å². The average Bonchev–Trinajstić information content (AvgIpc) is 2.97. The van der Waals surface area contributed by atoms with E-state index < -0.39 is 0 Å². The molecule has 0 N–H and O–H groups in total. The molecule has 0 fully saturated rings. The minimum absolute atomic E-state index is 0.662. The third-order valence-corrected chi connectivity index (χ3v) is 8.89. The molecule has 0 amide bonds. The Hall–Kier alpha value is -1.17. The van der Waals surface area contributed by atoms with Crippen LogP contribution >= 0.6 is 0 Å². The van der Waals surface area contributed by atoms with Crippen molar-refractivity contribution < 1.29 is 4.79 Å². The Morgan fingerprint density at radius 1 is 0.450 bits per heavy atom. The Bertz CT molecular complexity index is 539. The van der Waals surface area contributed by atoms with Crippen molar-refractivity contribution in [2.75, 3.05) is 13.1 Å². The Morgan fingerprint density at radius 3 is 1.07 bits per heavy atom. The van der Waals surface area contributed by atoms with Gasteiger partial charge in [0.15, 0.2) is 0 Å². The molecule has 0 aliphatic heterocycles. The predicted octanol–water partition coefficient (Wildman–Crippen LogP) is 12.4. The summed E-state index contributed by atoms with van der Waals surface area (Å²) in [5.41, 5.74) is 0. The summed E-state index contributed by atoms with van der Waals surface area (Å²) in [6.45, 7) is 9.79. The molecule has 0 rings (SSSR count). The average molecular weight is 559 g/mol. The zero-order valence-corrected chi connectivity index (χ0v) is 27.4. The zero-order chi connectivity index (χ0) is 29.2. The molecule has 0 saturated heterocycles. The van der Waals surface area contributed by atoms with Crippen LogP contribution in [0.15, 0.2) is 16.6 Å². The summed E-state index contributed by atoms with van der Waals surface area (Å²) >= 11 is 0. The van der Waals surface area contributed by atoms with Crippen LogP contribution in [0.1, 0.15) is 194 Å². The SMILES string of the molecule is C=C=NCCCCCCCCCCC(CCCCCC)C(CCCCCC)CCCCCCCCCCN=C=O. The lowest BCUT2D eigenvalue weighted by atomic mass is 9.78. The van der Waals surface area contributed by atoms with Gasteiger partial charge >= 0.3 is 0 Å². The van der Waals surface area contributed by atoms with E-state index in [0.717, 1.165) is 24.8 Å². The van der Waals surface area contributed by atoms with Gasteiger partial charge in [-0.3, -0.25) is 0 Å². The molecular weight excluding hydrogens is 488 g/mol. The van der Waals surface area contributed by atoms with Crippen LogP contribution in [0, 0.1) is 11.8 Å². The van der Waals surface area contributed by atoms with Gasteiger partial charge in [-0.25, -0.2) is 14.8 Å². The van der Waals surface area contributed by atoms with Crippen molar-refractivity contribution in [3.8, 4) is 0 Å². The predicted molar refractivity (Wildman–Crippen MR) is 179 cm³/mol. The molecule has 3 nitrogen and oxygen atoms in total. The summed E-state index contributed by atoms with van der Waals surface area (Å²) in [5.74, 6) is 4.58. The third kappa shape index (κ3) is 28.4. The van der Waals surface area contributed by atoms with Crippen LogP contribution in [-0.4, -0.2) is 25.0 Å². The van der Waals surface area contributed by atoms with E-state index in [0.29, 0.717) is 6.54 Å². The summed E-state index contributed by atoms with van der Waals surface area (Å²) in [7, 11) is 0. The molecule has 0 aliphatic carbocycles. The molecule has 2 unspecified atom stereocenters. The molecule has 2 atom stereocenters. The van der Waals surface area contributed by atoms with E-state index in [1.165, 1.54) is 173 Å². The van der Waals surface area contributed by atoms with E-state index >= 15 is 0 Å². The van der Waals surface area contributed by atoms with Gasteiger partial charge in [0.1, 0.15) is 0 Å². The first-order valence-electron chi connectivity index (χ1n) is 18.0. The molecule has 0 aromatic rings. The van der Waals surface area contributed by atoms with Gasteiger partial charge in [-0.1, -0.05) is 181 Å². The van der Waals surface area contributed by atoms with Crippen LogP contribution < -0.4 is 0 Å². The minimum atomic E-state index is 0.662. The van der Waals surface area contributed by atoms with Crippen molar-refractivity contribution in [2.45, 2.75) is 194 Å². The van der Waals surface area contributed by atoms with E-state index in [4.69, 9.17) is 0 Å². The maximum atomic E-state index is 10.1. The van der Waals surface area contributed by atoms with Crippen LogP contribution in [-0.2, 0) is 4.79 Å². The van der Waals surface area contributed by atoms with Crippen molar-refractivity contribution in [3.05, 3.63) is 6.58 Å². The normalized spacial score (nSPS) is 12.6. The standard InChI is InChI=1S/C37H70N2O/c1-4-7-9-23-29-36(31-25-19-15-11-13-17-21-27-33-38-6-3)37(30-24-10-8-5-2)32-26-20-16-12-14-18-22-28-34-39-35-40/h36-37H,3-5,7-34H2,1-2H3. The summed E-state index contributed by atoms with van der Waals surface area (Å²) < 4.78 is 0. The van der Waals surface area contributed by atoms with Crippen molar-refractivity contribution in [3.63, 3.8) is 0 Å². The van der Waals surface area contributed by atoms with E-state index in [1.54, 1.807) is 6.08 Å². The Kier molecular flexibility index (Phi) is 33.0. The number of nitrogens with zero attached hydrogens (tertiary/aromatic N) is 2. The topological polar surface area (TPSA) is 41.8 Å². The first-order chi connectivity index (χ1) is 19.8. The summed E-state index contributed by atoms with van der Waals surface area (Å²) in [6.07, 6.45) is 40.4.